The molecule has 4 heterocycles. The van der Waals surface area contributed by atoms with Gasteiger partial charge in [-0.2, -0.15) is 0 Å². The zero-order valence-corrected chi connectivity index (χ0v) is 26.6. The van der Waals surface area contributed by atoms with Crippen LogP contribution in [0.2, 0.25) is 0 Å². The molecular weight excluding hydrogens is 611 g/mol. The van der Waals surface area contributed by atoms with Crippen molar-refractivity contribution in [1.29, 1.82) is 0 Å². The third-order valence-corrected chi connectivity index (χ3v) is 11.9. The van der Waals surface area contributed by atoms with Gasteiger partial charge in [0.15, 0.2) is 0 Å². The Balaban J connectivity index is 1.43. The number of fused-ring (bicyclic) bond motifs is 15. The molecule has 218 valence electrons. The lowest BCUT2D eigenvalue weighted by Gasteiger charge is -2.11. The smallest absolute Gasteiger partial charge is 0.235 e. The lowest BCUT2D eigenvalue weighted by atomic mass is 9.97. The standard InChI is InChI=1S/C42H23N3S2/c1-2-13-25(14-3-1)37-41-38(30-19-9-11-21-33(30)47-41)44-42(43-37)45-31-23-22-24-12-4-5-15-26(24)35(31)36-28-17-7-6-16-27(28)34-29-18-8-10-20-32(29)46-40(34)39(36)45/h1-23H. The Morgan fingerprint density at radius 3 is 1.87 bits per heavy atom. The molecule has 0 N–H and O–H groups in total. The summed E-state index contributed by atoms with van der Waals surface area (Å²) >= 11 is 3.64. The highest BCUT2D eigenvalue weighted by Gasteiger charge is 2.25. The lowest BCUT2D eigenvalue weighted by Crippen LogP contribution is -2.03. The van der Waals surface area contributed by atoms with Crippen molar-refractivity contribution in [2.45, 2.75) is 0 Å². The summed E-state index contributed by atoms with van der Waals surface area (Å²) in [6, 6.07) is 50.2. The van der Waals surface area contributed by atoms with Crippen LogP contribution in [0.1, 0.15) is 0 Å². The van der Waals surface area contributed by atoms with E-state index in [4.69, 9.17) is 9.97 Å². The number of benzene rings is 7. The third kappa shape index (κ3) is 3.45. The molecule has 0 aliphatic heterocycles. The molecule has 0 fully saturated rings. The number of nitrogens with zero attached hydrogens (tertiary/aromatic N) is 3. The minimum Gasteiger partial charge on any atom is -0.276 e. The van der Waals surface area contributed by atoms with Crippen LogP contribution >= 0.6 is 22.7 Å². The van der Waals surface area contributed by atoms with Crippen LogP contribution in [0, 0.1) is 0 Å². The summed E-state index contributed by atoms with van der Waals surface area (Å²) in [4.78, 5) is 11.0. The van der Waals surface area contributed by atoms with Crippen LogP contribution in [0.4, 0.5) is 0 Å². The molecule has 11 rings (SSSR count). The number of hydrogen-bond acceptors (Lipinski definition) is 4. The second-order valence-electron chi connectivity index (χ2n) is 12.1. The fraction of sp³-hybridized carbons (Fsp3) is 0. The average molecular weight is 634 g/mol. The van der Waals surface area contributed by atoms with Crippen LogP contribution in [-0.4, -0.2) is 14.5 Å². The molecule has 0 saturated carbocycles. The Kier molecular flexibility index (Phi) is 5.14. The maximum absolute atomic E-state index is 5.50. The molecule has 0 saturated heterocycles. The molecule has 0 aliphatic rings. The maximum atomic E-state index is 5.50. The Labute approximate surface area is 276 Å². The van der Waals surface area contributed by atoms with E-state index in [1.54, 1.807) is 11.3 Å². The Bertz CT molecular complexity index is 3070. The van der Waals surface area contributed by atoms with E-state index >= 15 is 0 Å². The fourth-order valence-electron chi connectivity index (χ4n) is 7.61. The van der Waals surface area contributed by atoms with Gasteiger partial charge in [0.25, 0.3) is 0 Å². The third-order valence-electron chi connectivity index (χ3n) is 9.59. The fourth-order valence-corrected chi connectivity index (χ4v) is 10.0. The first-order valence-corrected chi connectivity index (χ1v) is 17.4. The van der Waals surface area contributed by atoms with Crippen molar-refractivity contribution in [2.24, 2.45) is 0 Å². The van der Waals surface area contributed by atoms with Gasteiger partial charge >= 0.3 is 0 Å². The molecule has 4 aromatic heterocycles. The van der Waals surface area contributed by atoms with Gasteiger partial charge in [-0.05, 0) is 39.7 Å². The van der Waals surface area contributed by atoms with E-state index in [-0.39, 0.29) is 0 Å². The van der Waals surface area contributed by atoms with Crippen molar-refractivity contribution in [1.82, 2.24) is 14.5 Å². The average Bonchev–Trinajstić information content (AvgIpc) is 3.82. The van der Waals surface area contributed by atoms with E-state index in [0.29, 0.717) is 5.95 Å². The summed E-state index contributed by atoms with van der Waals surface area (Å²) in [7, 11) is 0. The quantitative estimate of drug-likeness (QED) is 0.190. The molecule has 0 radical (unpaired) electrons. The summed E-state index contributed by atoms with van der Waals surface area (Å²) in [5.41, 5.74) is 5.35. The minimum atomic E-state index is 0.698. The van der Waals surface area contributed by atoms with Crippen LogP contribution in [-0.2, 0) is 0 Å². The van der Waals surface area contributed by atoms with Crippen LogP contribution < -0.4 is 0 Å². The van der Waals surface area contributed by atoms with Crippen molar-refractivity contribution >= 4 is 106 Å². The van der Waals surface area contributed by atoms with Crippen molar-refractivity contribution in [2.75, 3.05) is 0 Å². The summed E-state index contributed by atoms with van der Waals surface area (Å²) in [5.74, 6) is 0.698. The molecule has 11 aromatic rings. The lowest BCUT2D eigenvalue weighted by molar-refractivity contribution is 1.02. The van der Waals surface area contributed by atoms with Gasteiger partial charge in [-0.1, -0.05) is 121 Å². The first kappa shape index (κ1) is 25.6. The monoisotopic (exact) mass is 633 g/mol. The molecule has 0 unspecified atom stereocenters. The Morgan fingerprint density at radius 2 is 1.06 bits per heavy atom. The van der Waals surface area contributed by atoms with E-state index in [0.717, 1.165) is 32.4 Å². The number of thiophene rings is 2. The van der Waals surface area contributed by atoms with Gasteiger partial charge in [-0.15, -0.1) is 22.7 Å². The molecule has 47 heavy (non-hydrogen) atoms. The van der Waals surface area contributed by atoms with E-state index in [1.807, 2.05) is 11.3 Å². The summed E-state index contributed by atoms with van der Waals surface area (Å²) < 4.78 is 7.24. The van der Waals surface area contributed by atoms with Gasteiger partial charge in [-0.3, -0.25) is 4.57 Å². The second-order valence-corrected chi connectivity index (χ2v) is 14.2. The zero-order valence-electron chi connectivity index (χ0n) is 24.9. The normalized spacial score (nSPS) is 12.3. The van der Waals surface area contributed by atoms with E-state index in [9.17, 15) is 0 Å². The van der Waals surface area contributed by atoms with E-state index in [1.165, 1.54) is 62.7 Å². The number of hydrogen-bond donors (Lipinski definition) is 0. The molecule has 0 atom stereocenters. The van der Waals surface area contributed by atoms with E-state index < -0.39 is 0 Å². The van der Waals surface area contributed by atoms with Crippen LogP contribution in [0.5, 0.6) is 0 Å². The molecule has 3 nitrogen and oxygen atoms in total. The van der Waals surface area contributed by atoms with Crippen LogP contribution in [0.15, 0.2) is 140 Å². The van der Waals surface area contributed by atoms with Gasteiger partial charge in [-0.25, -0.2) is 9.97 Å². The highest BCUT2D eigenvalue weighted by atomic mass is 32.1. The molecule has 0 spiro atoms. The summed E-state index contributed by atoms with van der Waals surface area (Å²) in [6.07, 6.45) is 0. The van der Waals surface area contributed by atoms with Crippen LogP contribution in [0.3, 0.4) is 0 Å². The maximum Gasteiger partial charge on any atom is 0.235 e. The summed E-state index contributed by atoms with van der Waals surface area (Å²) in [5, 5.41) is 11.3. The van der Waals surface area contributed by atoms with Gasteiger partial charge in [0.1, 0.15) is 0 Å². The predicted octanol–water partition coefficient (Wildman–Crippen LogP) is 12.3. The topological polar surface area (TPSA) is 30.7 Å². The van der Waals surface area contributed by atoms with Gasteiger partial charge < -0.3 is 0 Å². The van der Waals surface area contributed by atoms with Crippen molar-refractivity contribution in [3.05, 3.63) is 140 Å². The van der Waals surface area contributed by atoms with Crippen LogP contribution in [0.25, 0.3) is 101 Å². The first-order valence-electron chi connectivity index (χ1n) is 15.8. The SMILES string of the molecule is c1ccc(-c2nc(-n3c4ccc5ccccc5c4c4c5ccccc5c5c6ccccc6sc5c43)nc3c2sc2ccccc23)cc1. The molecule has 5 heteroatoms. The highest BCUT2D eigenvalue weighted by Crippen LogP contribution is 2.49. The molecular formula is C42H23N3S2. The van der Waals surface area contributed by atoms with Crippen molar-refractivity contribution < 1.29 is 0 Å². The molecule has 0 bridgehead atoms. The predicted molar refractivity (Wildman–Crippen MR) is 203 cm³/mol. The minimum absolute atomic E-state index is 0.698. The largest absolute Gasteiger partial charge is 0.276 e. The number of aromatic nitrogens is 3. The Hall–Kier alpha value is -5.62. The van der Waals surface area contributed by atoms with E-state index in [2.05, 4.69) is 144 Å². The van der Waals surface area contributed by atoms with Gasteiger partial charge in [0, 0.05) is 41.9 Å². The van der Waals surface area contributed by atoms with Gasteiger partial charge in [0.2, 0.25) is 5.95 Å². The molecule has 0 amide bonds. The van der Waals surface area contributed by atoms with Crippen molar-refractivity contribution in [3.63, 3.8) is 0 Å². The summed E-state index contributed by atoms with van der Waals surface area (Å²) in [6.45, 7) is 0. The Morgan fingerprint density at radius 1 is 0.447 bits per heavy atom. The zero-order chi connectivity index (χ0) is 30.6. The highest BCUT2D eigenvalue weighted by molar-refractivity contribution is 7.27. The number of rotatable bonds is 2. The van der Waals surface area contributed by atoms with Gasteiger partial charge in [0.05, 0.1) is 31.6 Å². The second kappa shape index (κ2) is 9.46. The molecule has 0 aliphatic carbocycles. The first-order chi connectivity index (χ1) is 23.3. The molecule has 7 aromatic carbocycles. The van der Waals surface area contributed by atoms with Crippen molar-refractivity contribution in [3.8, 4) is 17.2 Å².